The van der Waals surface area contributed by atoms with Crippen molar-refractivity contribution >= 4 is 27.8 Å². The van der Waals surface area contributed by atoms with Crippen molar-refractivity contribution in [2.45, 2.75) is 12.3 Å². The fourth-order valence-electron chi connectivity index (χ4n) is 0.986. The second kappa shape index (κ2) is 5.65. The number of aromatic nitrogens is 1. The molecule has 0 aliphatic heterocycles. The minimum atomic E-state index is -0.513. The van der Waals surface area contributed by atoms with E-state index >= 15 is 0 Å². The highest BCUT2D eigenvalue weighted by molar-refractivity contribution is 9.08. The van der Waals surface area contributed by atoms with E-state index in [2.05, 4.69) is 31.5 Å². The van der Waals surface area contributed by atoms with Crippen LogP contribution in [0, 0.1) is 5.82 Å². The van der Waals surface area contributed by atoms with Gasteiger partial charge in [-0.2, -0.15) is 0 Å². The van der Waals surface area contributed by atoms with Gasteiger partial charge in [-0.05, 0) is 13.0 Å². The van der Waals surface area contributed by atoms with Crippen LogP contribution >= 0.6 is 15.9 Å². The Labute approximate surface area is 95.4 Å². The van der Waals surface area contributed by atoms with E-state index in [1.807, 2.05) is 0 Å². The molecule has 0 saturated carbocycles. The van der Waals surface area contributed by atoms with Gasteiger partial charge in [-0.25, -0.2) is 14.2 Å². The van der Waals surface area contributed by atoms with Gasteiger partial charge in [-0.15, -0.1) is 0 Å². The molecular weight excluding hydrogens is 265 g/mol. The number of rotatable bonds is 3. The molecule has 1 rings (SSSR count). The maximum atomic E-state index is 13.5. The summed E-state index contributed by atoms with van der Waals surface area (Å²) in [4.78, 5) is 14.9. The molecule has 2 amide bonds. The zero-order valence-electron chi connectivity index (χ0n) is 8.18. The van der Waals surface area contributed by atoms with Gasteiger partial charge in [-0.3, -0.25) is 5.32 Å². The number of hydrogen-bond donors (Lipinski definition) is 2. The van der Waals surface area contributed by atoms with E-state index in [9.17, 15) is 9.18 Å². The number of hydrogen-bond acceptors (Lipinski definition) is 2. The smallest absolute Gasteiger partial charge is 0.320 e. The van der Waals surface area contributed by atoms with E-state index in [-0.39, 0.29) is 5.82 Å². The number of nitrogens with one attached hydrogen (secondary N) is 2. The largest absolute Gasteiger partial charge is 0.338 e. The Morgan fingerprint density at radius 2 is 2.40 bits per heavy atom. The van der Waals surface area contributed by atoms with Crippen LogP contribution in [0.25, 0.3) is 0 Å². The predicted octanol–water partition coefficient (Wildman–Crippen LogP) is 2.26. The van der Waals surface area contributed by atoms with E-state index in [1.54, 1.807) is 13.0 Å². The van der Waals surface area contributed by atoms with Gasteiger partial charge in [0, 0.05) is 23.6 Å². The topological polar surface area (TPSA) is 54.0 Å². The van der Waals surface area contributed by atoms with Gasteiger partial charge in [0.2, 0.25) is 0 Å². The molecule has 0 radical (unpaired) electrons. The Morgan fingerprint density at radius 3 is 3.00 bits per heavy atom. The molecule has 0 saturated heterocycles. The number of urea groups is 1. The average Bonchev–Trinajstić information content (AvgIpc) is 2.21. The molecule has 1 aromatic heterocycles. The normalized spacial score (nSPS) is 9.80. The van der Waals surface area contributed by atoms with E-state index < -0.39 is 11.8 Å². The fourth-order valence-corrected chi connectivity index (χ4v) is 1.42. The van der Waals surface area contributed by atoms with Gasteiger partial charge in [0.15, 0.2) is 11.6 Å². The minimum absolute atomic E-state index is 0.0575. The van der Waals surface area contributed by atoms with Crippen LogP contribution in [0.3, 0.4) is 0 Å². The highest BCUT2D eigenvalue weighted by atomic mass is 79.9. The van der Waals surface area contributed by atoms with Crippen LogP contribution in [0.1, 0.15) is 12.5 Å². The summed E-state index contributed by atoms with van der Waals surface area (Å²) < 4.78 is 13.5. The van der Waals surface area contributed by atoms with Gasteiger partial charge >= 0.3 is 6.03 Å². The SMILES string of the molecule is CCNC(=O)Nc1nccc(CBr)c1F. The molecule has 0 aromatic carbocycles. The maximum absolute atomic E-state index is 13.5. The summed E-state index contributed by atoms with van der Waals surface area (Å²) in [5.74, 6) is -0.571. The highest BCUT2D eigenvalue weighted by Gasteiger charge is 2.10. The Balaban J connectivity index is 2.81. The van der Waals surface area contributed by atoms with Crippen LogP contribution in [-0.2, 0) is 5.33 Å². The molecule has 2 N–H and O–H groups in total. The van der Waals surface area contributed by atoms with Crippen LogP contribution in [-0.4, -0.2) is 17.6 Å². The van der Waals surface area contributed by atoms with Crippen molar-refractivity contribution in [3.8, 4) is 0 Å². The molecule has 0 aliphatic rings. The Kier molecular flexibility index (Phi) is 4.48. The summed E-state index contributed by atoms with van der Waals surface area (Å²) in [5, 5.41) is 5.20. The molecule has 6 heteroatoms. The Morgan fingerprint density at radius 1 is 1.67 bits per heavy atom. The van der Waals surface area contributed by atoms with E-state index in [4.69, 9.17) is 0 Å². The van der Waals surface area contributed by atoms with Gasteiger partial charge in [0.1, 0.15) is 0 Å². The number of carbonyl (C=O) groups is 1. The fraction of sp³-hybridized carbons (Fsp3) is 0.333. The molecule has 0 bridgehead atoms. The van der Waals surface area contributed by atoms with E-state index in [0.29, 0.717) is 17.4 Å². The number of amides is 2. The monoisotopic (exact) mass is 275 g/mol. The summed E-state index contributed by atoms with van der Waals surface area (Å²) in [5.41, 5.74) is 0.455. The third-order valence-electron chi connectivity index (χ3n) is 1.68. The van der Waals surface area contributed by atoms with Crippen molar-refractivity contribution in [2.75, 3.05) is 11.9 Å². The Bertz CT molecular complexity index is 359. The lowest BCUT2D eigenvalue weighted by atomic mass is 10.3. The number of nitrogens with zero attached hydrogens (tertiary/aromatic N) is 1. The van der Waals surface area contributed by atoms with E-state index in [0.717, 1.165) is 0 Å². The lowest BCUT2D eigenvalue weighted by Gasteiger charge is -2.07. The first-order valence-electron chi connectivity index (χ1n) is 4.43. The number of carbonyl (C=O) groups excluding carboxylic acids is 1. The quantitative estimate of drug-likeness (QED) is 0.832. The summed E-state index contributed by atoms with van der Waals surface area (Å²) >= 11 is 3.14. The van der Waals surface area contributed by atoms with Gasteiger partial charge in [0.05, 0.1) is 0 Å². The summed E-state index contributed by atoms with van der Waals surface area (Å²) in [6, 6.07) is 1.09. The summed E-state index contributed by atoms with van der Waals surface area (Å²) in [6.07, 6.45) is 1.45. The zero-order valence-corrected chi connectivity index (χ0v) is 9.77. The van der Waals surface area contributed by atoms with Crippen LogP contribution in [0.2, 0.25) is 0 Å². The van der Waals surface area contributed by atoms with Crippen LogP contribution < -0.4 is 10.6 Å². The molecule has 0 spiro atoms. The lowest BCUT2D eigenvalue weighted by Crippen LogP contribution is -2.29. The first-order valence-corrected chi connectivity index (χ1v) is 5.55. The number of pyridine rings is 1. The van der Waals surface area contributed by atoms with Crippen molar-refractivity contribution in [3.05, 3.63) is 23.6 Å². The highest BCUT2D eigenvalue weighted by Crippen LogP contribution is 2.16. The lowest BCUT2D eigenvalue weighted by molar-refractivity contribution is 0.252. The summed E-state index contributed by atoms with van der Waals surface area (Å²) in [7, 11) is 0. The molecule has 0 unspecified atom stereocenters. The second-order valence-electron chi connectivity index (χ2n) is 2.75. The number of halogens is 2. The molecule has 15 heavy (non-hydrogen) atoms. The van der Waals surface area contributed by atoms with Crippen molar-refractivity contribution < 1.29 is 9.18 Å². The molecule has 0 fully saturated rings. The third kappa shape index (κ3) is 3.16. The number of alkyl halides is 1. The minimum Gasteiger partial charge on any atom is -0.338 e. The first kappa shape index (κ1) is 11.9. The number of anilines is 1. The standard InChI is InChI=1S/C9H11BrFN3O/c1-2-12-9(15)14-8-7(11)6(5-10)3-4-13-8/h3-4H,2,5H2,1H3,(H2,12,13,14,15). The maximum Gasteiger partial charge on any atom is 0.320 e. The first-order chi connectivity index (χ1) is 7.19. The second-order valence-corrected chi connectivity index (χ2v) is 3.31. The van der Waals surface area contributed by atoms with Crippen molar-refractivity contribution in [3.63, 3.8) is 0 Å². The van der Waals surface area contributed by atoms with Crippen molar-refractivity contribution in [1.82, 2.24) is 10.3 Å². The molecular formula is C9H11BrFN3O. The van der Waals surface area contributed by atoms with Gasteiger partial charge < -0.3 is 5.32 Å². The van der Waals surface area contributed by atoms with Gasteiger partial charge in [0.25, 0.3) is 0 Å². The summed E-state index contributed by atoms with van der Waals surface area (Å²) in [6.45, 7) is 2.25. The molecule has 0 aliphatic carbocycles. The average molecular weight is 276 g/mol. The Hall–Kier alpha value is -1.17. The van der Waals surface area contributed by atoms with Crippen LogP contribution in [0.15, 0.2) is 12.3 Å². The molecule has 1 heterocycles. The molecule has 82 valence electrons. The molecule has 1 aromatic rings. The predicted molar refractivity (Wildman–Crippen MR) is 59.5 cm³/mol. The molecule has 4 nitrogen and oxygen atoms in total. The third-order valence-corrected chi connectivity index (χ3v) is 2.29. The van der Waals surface area contributed by atoms with Gasteiger partial charge in [-0.1, -0.05) is 15.9 Å². The van der Waals surface area contributed by atoms with Crippen molar-refractivity contribution in [2.24, 2.45) is 0 Å². The van der Waals surface area contributed by atoms with E-state index in [1.165, 1.54) is 6.20 Å². The van der Waals surface area contributed by atoms with Crippen LogP contribution in [0.4, 0.5) is 15.0 Å². The molecule has 0 atom stereocenters. The van der Waals surface area contributed by atoms with Crippen LogP contribution in [0.5, 0.6) is 0 Å². The zero-order chi connectivity index (χ0) is 11.3. The van der Waals surface area contributed by atoms with Crippen molar-refractivity contribution in [1.29, 1.82) is 0 Å².